The second-order valence-corrected chi connectivity index (χ2v) is 8.04. The molecule has 2 heterocycles. The Bertz CT molecular complexity index is 923. The number of carbonyl (C=O) groups excluding carboxylic acids is 2. The summed E-state index contributed by atoms with van der Waals surface area (Å²) in [6.45, 7) is 3.13. The Hall–Kier alpha value is -3.10. The van der Waals surface area contributed by atoms with Crippen molar-refractivity contribution in [1.82, 2.24) is 0 Å². The van der Waals surface area contributed by atoms with Gasteiger partial charge in [0.05, 0.1) is 26.9 Å². The minimum atomic E-state index is -1.33. The molecule has 2 aromatic carbocycles. The summed E-state index contributed by atoms with van der Waals surface area (Å²) < 4.78 is 27.2. The average molecular weight is 441 g/mol. The van der Waals surface area contributed by atoms with E-state index in [0.717, 1.165) is 17.7 Å². The molecule has 2 aliphatic rings. The zero-order valence-electron chi connectivity index (χ0n) is 18.2. The number of amides is 1. The van der Waals surface area contributed by atoms with Gasteiger partial charge in [-0.2, -0.15) is 0 Å². The van der Waals surface area contributed by atoms with E-state index in [-0.39, 0.29) is 24.7 Å². The number of esters is 1. The second kappa shape index (κ2) is 9.58. The first-order chi connectivity index (χ1) is 15.5. The van der Waals surface area contributed by atoms with Gasteiger partial charge in [-0.1, -0.05) is 30.3 Å². The third kappa shape index (κ3) is 5.03. The quantitative estimate of drug-likeness (QED) is 0.610. The summed E-state index contributed by atoms with van der Waals surface area (Å²) in [7, 11) is 1.31. The summed E-state index contributed by atoms with van der Waals surface area (Å²) in [4.78, 5) is 25.5. The SMILES string of the molecule is COC(=O)C1(C)OCC(Cc2ccc(OCC3CN(c4ccccc4)C(=O)O3)cc2)CO1. The third-order valence-electron chi connectivity index (χ3n) is 5.57. The maximum absolute atomic E-state index is 12.1. The lowest BCUT2D eigenvalue weighted by Gasteiger charge is -2.35. The van der Waals surface area contributed by atoms with Gasteiger partial charge in [0.1, 0.15) is 12.4 Å². The zero-order chi connectivity index (χ0) is 22.6. The smallest absolute Gasteiger partial charge is 0.414 e. The molecule has 0 bridgehead atoms. The Labute approximate surface area is 187 Å². The summed E-state index contributed by atoms with van der Waals surface area (Å²) in [5.41, 5.74) is 1.92. The van der Waals surface area contributed by atoms with E-state index in [4.69, 9.17) is 23.7 Å². The molecule has 2 aromatic rings. The molecule has 32 heavy (non-hydrogen) atoms. The Morgan fingerprint density at radius 3 is 2.44 bits per heavy atom. The van der Waals surface area contributed by atoms with Gasteiger partial charge in [0, 0.05) is 18.5 Å². The first-order valence-electron chi connectivity index (χ1n) is 10.6. The van der Waals surface area contributed by atoms with Crippen molar-refractivity contribution in [2.75, 3.05) is 38.4 Å². The number of benzene rings is 2. The number of cyclic esters (lactones) is 1. The molecule has 0 aliphatic carbocycles. The Morgan fingerprint density at radius 2 is 1.78 bits per heavy atom. The van der Waals surface area contributed by atoms with E-state index in [1.807, 2.05) is 54.6 Å². The van der Waals surface area contributed by atoms with Gasteiger partial charge in [0.15, 0.2) is 6.10 Å². The van der Waals surface area contributed by atoms with Crippen molar-refractivity contribution >= 4 is 17.7 Å². The molecule has 8 nitrogen and oxygen atoms in total. The number of ether oxygens (including phenoxy) is 5. The van der Waals surface area contributed by atoms with Crippen molar-refractivity contribution in [2.24, 2.45) is 5.92 Å². The van der Waals surface area contributed by atoms with Gasteiger partial charge in [0.2, 0.25) is 0 Å². The van der Waals surface area contributed by atoms with Crippen LogP contribution in [0.1, 0.15) is 12.5 Å². The highest BCUT2D eigenvalue weighted by Gasteiger charge is 2.41. The van der Waals surface area contributed by atoms with E-state index in [2.05, 4.69) is 0 Å². The topological polar surface area (TPSA) is 83.5 Å². The number of hydrogen-bond acceptors (Lipinski definition) is 7. The molecule has 0 radical (unpaired) electrons. The lowest BCUT2D eigenvalue weighted by atomic mass is 9.99. The highest BCUT2D eigenvalue weighted by atomic mass is 16.7. The fourth-order valence-electron chi connectivity index (χ4n) is 3.74. The average Bonchev–Trinajstić information content (AvgIpc) is 3.20. The van der Waals surface area contributed by atoms with E-state index in [1.165, 1.54) is 7.11 Å². The fraction of sp³-hybridized carbons (Fsp3) is 0.417. The highest BCUT2D eigenvalue weighted by molar-refractivity contribution is 5.89. The molecule has 0 aromatic heterocycles. The van der Waals surface area contributed by atoms with Crippen LogP contribution in [0.25, 0.3) is 0 Å². The van der Waals surface area contributed by atoms with Crippen molar-refractivity contribution in [1.29, 1.82) is 0 Å². The van der Waals surface area contributed by atoms with Crippen molar-refractivity contribution in [3.63, 3.8) is 0 Å². The molecular formula is C24H27NO7. The molecule has 1 atom stereocenters. The molecule has 0 saturated carbocycles. The fourth-order valence-corrected chi connectivity index (χ4v) is 3.74. The molecular weight excluding hydrogens is 414 g/mol. The van der Waals surface area contributed by atoms with Gasteiger partial charge in [0.25, 0.3) is 5.79 Å². The maximum atomic E-state index is 12.1. The predicted molar refractivity (Wildman–Crippen MR) is 116 cm³/mol. The van der Waals surface area contributed by atoms with Crippen LogP contribution in [0.2, 0.25) is 0 Å². The molecule has 1 amide bonds. The van der Waals surface area contributed by atoms with Crippen LogP contribution < -0.4 is 9.64 Å². The molecule has 2 aliphatic heterocycles. The summed E-state index contributed by atoms with van der Waals surface area (Å²) >= 11 is 0. The Morgan fingerprint density at radius 1 is 1.09 bits per heavy atom. The summed E-state index contributed by atoms with van der Waals surface area (Å²) in [6, 6.07) is 17.2. The van der Waals surface area contributed by atoms with Gasteiger partial charge in [-0.15, -0.1) is 0 Å². The molecule has 2 fully saturated rings. The van der Waals surface area contributed by atoms with Crippen LogP contribution in [-0.2, 0) is 30.2 Å². The van der Waals surface area contributed by atoms with Crippen LogP contribution in [0.5, 0.6) is 5.75 Å². The monoisotopic (exact) mass is 441 g/mol. The van der Waals surface area contributed by atoms with Gasteiger partial charge < -0.3 is 23.7 Å². The molecule has 2 saturated heterocycles. The van der Waals surface area contributed by atoms with Crippen molar-refractivity contribution in [2.45, 2.75) is 25.2 Å². The molecule has 4 rings (SSSR count). The third-order valence-corrected chi connectivity index (χ3v) is 5.57. The van der Waals surface area contributed by atoms with E-state index in [0.29, 0.717) is 25.5 Å². The minimum absolute atomic E-state index is 0.140. The van der Waals surface area contributed by atoms with Crippen LogP contribution in [-0.4, -0.2) is 57.4 Å². The highest BCUT2D eigenvalue weighted by Crippen LogP contribution is 2.26. The Kier molecular flexibility index (Phi) is 6.62. The van der Waals surface area contributed by atoms with Crippen LogP contribution in [0.15, 0.2) is 54.6 Å². The van der Waals surface area contributed by atoms with Gasteiger partial charge >= 0.3 is 12.1 Å². The standard InChI is InChI=1S/C24H27NO7/c1-24(22(26)28-2)30-14-18(15-31-24)12-17-8-10-20(11-9-17)29-16-21-13-25(23(27)32-21)19-6-4-3-5-7-19/h3-11,18,21H,12-16H2,1-2H3. The van der Waals surface area contributed by atoms with E-state index in [9.17, 15) is 9.59 Å². The molecule has 1 unspecified atom stereocenters. The molecule has 170 valence electrons. The van der Waals surface area contributed by atoms with Crippen LogP contribution in [0.3, 0.4) is 0 Å². The first-order valence-corrected chi connectivity index (χ1v) is 10.6. The summed E-state index contributed by atoms with van der Waals surface area (Å²) in [5.74, 6) is -1.01. The number of nitrogens with zero attached hydrogens (tertiary/aromatic N) is 1. The lowest BCUT2D eigenvalue weighted by Crippen LogP contribution is -2.48. The van der Waals surface area contributed by atoms with Crippen LogP contribution in [0, 0.1) is 5.92 Å². The zero-order valence-corrected chi connectivity index (χ0v) is 18.2. The largest absolute Gasteiger partial charge is 0.490 e. The number of anilines is 1. The maximum Gasteiger partial charge on any atom is 0.414 e. The summed E-state index contributed by atoms with van der Waals surface area (Å²) in [6.07, 6.45) is 0.0625. The van der Waals surface area contributed by atoms with Crippen molar-refractivity contribution < 1.29 is 33.3 Å². The van der Waals surface area contributed by atoms with Gasteiger partial charge in [-0.25, -0.2) is 9.59 Å². The number of para-hydroxylation sites is 1. The normalized spacial score (nSPS) is 25.3. The number of methoxy groups -OCH3 is 1. The van der Waals surface area contributed by atoms with E-state index >= 15 is 0 Å². The van der Waals surface area contributed by atoms with Gasteiger partial charge in [-0.05, 0) is 36.2 Å². The number of rotatable bonds is 7. The number of carbonyl (C=O) groups is 2. The number of hydrogen-bond donors (Lipinski definition) is 0. The van der Waals surface area contributed by atoms with E-state index < -0.39 is 11.8 Å². The molecule has 0 spiro atoms. The van der Waals surface area contributed by atoms with Crippen molar-refractivity contribution in [3.8, 4) is 5.75 Å². The summed E-state index contributed by atoms with van der Waals surface area (Å²) in [5, 5.41) is 0. The van der Waals surface area contributed by atoms with Crippen LogP contribution >= 0.6 is 0 Å². The second-order valence-electron chi connectivity index (χ2n) is 8.04. The van der Waals surface area contributed by atoms with E-state index in [1.54, 1.807) is 11.8 Å². The Balaban J connectivity index is 1.24. The van der Waals surface area contributed by atoms with Crippen LogP contribution in [0.4, 0.5) is 10.5 Å². The lowest BCUT2D eigenvalue weighted by molar-refractivity contribution is -0.272. The van der Waals surface area contributed by atoms with Gasteiger partial charge in [-0.3, -0.25) is 4.90 Å². The predicted octanol–water partition coefficient (Wildman–Crippen LogP) is 3.19. The van der Waals surface area contributed by atoms with Crippen molar-refractivity contribution in [3.05, 3.63) is 60.2 Å². The first kappa shape index (κ1) is 22.1. The molecule has 8 heteroatoms. The minimum Gasteiger partial charge on any atom is -0.490 e. The molecule has 0 N–H and O–H groups in total.